The van der Waals surface area contributed by atoms with Crippen molar-refractivity contribution in [3.8, 4) is 11.5 Å². The molecule has 116 valence electrons. The monoisotopic (exact) mass is 342 g/mol. The van der Waals surface area contributed by atoms with Crippen LogP contribution >= 0.6 is 23.2 Å². The zero-order valence-corrected chi connectivity index (χ0v) is 13.2. The molecular weight excluding hydrogens is 330 g/mol. The number of ether oxygens (including phenoxy) is 2. The summed E-state index contributed by atoms with van der Waals surface area (Å²) in [7, 11) is 0. The van der Waals surface area contributed by atoms with Crippen LogP contribution in [0.15, 0.2) is 36.4 Å². The second kappa shape index (κ2) is 7.47. The van der Waals surface area contributed by atoms with Crippen LogP contribution in [0, 0.1) is 5.82 Å². The molecule has 3 nitrogen and oxygen atoms in total. The van der Waals surface area contributed by atoms with E-state index in [4.69, 9.17) is 32.7 Å². The molecule has 0 aliphatic rings. The zero-order chi connectivity index (χ0) is 16.1. The van der Waals surface area contributed by atoms with Crippen molar-refractivity contribution in [1.82, 2.24) is 0 Å². The largest absolute Gasteiger partial charge is 0.490 e. The Morgan fingerprint density at radius 1 is 1.18 bits per heavy atom. The lowest BCUT2D eigenvalue weighted by molar-refractivity contribution is 0.108. The fourth-order valence-corrected chi connectivity index (χ4v) is 2.17. The number of benzene rings is 2. The van der Waals surface area contributed by atoms with Crippen LogP contribution in [0.4, 0.5) is 4.39 Å². The second-order valence-electron chi connectivity index (χ2n) is 4.36. The Labute approximate surface area is 137 Å². The first kappa shape index (κ1) is 16.6. The summed E-state index contributed by atoms with van der Waals surface area (Å²) in [4.78, 5) is 11.2. The molecule has 0 saturated heterocycles. The fourth-order valence-electron chi connectivity index (χ4n) is 1.84. The molecule has 0 unspecified atom stereocenters. The van der Waals surface area contributed by atoms with Gasteiger partial charge in [0.15, 0.2) is 11.5 Å². The van der Waals surface area contributed by atoms with Crippen LogP contribution in [-0.4, -0.2) is 11.8 Å². The number of hydrogen-bond acceptors (Lipinski definition) is 3. The Bertz CT molecular complexity index is 669. The minimum atomic E-state index is -0.593. The SMILES string of the molecule is CCOc1cc(C(=O)Cl)ccc1OCc1c(F)cccc1Cl. The molecule has 0 aliphatic carbocycles. The highest BCUT2D eigenvalue weighted by Gasteiger charge is 2.12. The van der Waals surface area contributed by atoms with Gasteiger partial charge in [-0.1, -0.05) is 17.7 Å². The lowest BCUT2D eigenvalue weighted by atomic mass is 10.2. The molecule has 6 heteroatoms. The number of hydrogen-bond donors (Lipinski definition) is 0. The van der Waals surface area contributed by atoms with Crippen molar-refractivity contribution in [3.05, 3.63) is 58.4 Å². The first-order valence-corrected chi connectivity index (χ1v) is 7.31. The van der Waals surface area contributed by atoms with E-state index in [0.29, 0.717) is 23.7 Å². The van der Waals surface area contributed by atoms with Gasteiger partial charge < -0.3 is 9.47 Å². The summed E-state index contributed by atoms with van der Waals surface area (Å²) in [5.74, 6) is 0.294. The lowest BCUT2D eigenvalue weighted by Gasteiger charge is -2.13. The van der Waals surface area contributed by atoms with E-state index >= 15 is 0 Å². The van der Waals surface area contributed by atoms with Crippen LogP contribution in [0.2, 0.25) is 5.02 Å². The summed E-state index contributed by atoms with van der Waals surface area (Å²) in [6.07, 6.45) is 0. The average molecular weight is 343 g/mol. The van der Waals surface area contributed by atoms with Gasteiger partial charge in [0.25, 0.3) is 5.24 Å². The van der Waals surface area contributed by atoms with Gasteiger partial charge in [0, 0.05) is 11.1 Å². The highest BCUT2D eigenvalue weighted by atomic mass is 35.5. The topological polar surface area (TPSA) is 35.5 Å². The van der Waals surface area contributed by atoms with Crippen molar-refractivity contribution in [2.75, 3.05) is 6.61 Å². The number of halogens is 3. The standard InChI is InChI=1S/C16H13Cl2FO3/c1-2-21-15-8-10(16(18)20)6-7-14(15)22-9-11-12(17)4-3-5-13(11)19/h3-8H,2,9H2,1H3. The summed E-state index contributed by atoms with van der Waals surface area (Å²) in [6.45, 7) is 2.13. The maximum Gasteiger partial charge on any atom is 0.252 e. The summed E-state index contributed by atoms with van der Waals surface area (Å²) in [6, 6.07) is 8.96. The van der Waals surface area contributed by atoms with Gasteiger partial charge in [-0.3, -0.25) is 4.79 Å². The Kier molecular flexibility index (Phi) is 5.63. The molecule has 0 bridgehead atoms. The summed E-state index contributed by atoms with van der Waals surface area (Å²) >= 11 is 11.4. The molecule has 0 fully saturated rings. The summed E-state index contributed by atoms with van der Waals surface area (Å²) in [5.41, 5.74) is 0.547. The maximum absolute atomic E-state index is 13.7. The van der Waals surface area contributed by atoms with Crippen LogP contribution in [0.1, 0.15) is 22.8 Å². The van der Waals surface area contributed by atoms with Crippen LogP contribution in [0.25, 0.3) is 0 Å². The van der Waals surface area contributed by atoms with Gasteiger partial charge in [-0.2, -0.15) is 0 Å². The van der Waals surface area contributed by atoms with Crippen molar-refractivity contribution in [2.24, 2.45) is 0 Å². The van der Waals surface area contributed by atoms with Gasteiger partial charge in [0.1, 0.15) is 12.4 Å². The molecule has 0 aliphatic heterocycles. The Morgan fingerprint density at radius 2 is 1.95 bits per heavy atom. The van der Waals surface area contributed by atoms with E-state index in [1.807, 2.05) is 0 Å². The quantitative estimate of drug-likeness (QED) is 0.705. The summed E-state index contributed by atoms with van der Waals surface area (Å²) in [5, 5.41) is -0.310. The third-order valence-electron chi connectivity index (χ3n) is 2.90. The molecule has 0 spiro atoms. The Balaban J connectivity index is 2.23. The maximum atomic E-state index is 13.7. The van der Waals surface area contributed by atoms with Gasteiger partial charge in [-0.05, 0) is 48.9 Å². The second-order valence-corrected chi connectivity index (χ2v) is 5.11. The molecule has 0 radical (unpaired) electrons. The average Bonchev–Trinajstić information content (AvgIpc) is 2.48. The van der Waals surface area contributed by atoms with E-state index < -0.39 is 11.1 Å². The van der Waals surface area contributed by atoms with E-state index in [-0.39, 0.29) is 17.2 Å². The third kappa shape index (κ3) is 3.90. The zero-order valence-electron chi connectivity index (χ0n) is 11.7. The molecule has 22 heavy (non-hydrogen) atoms. The summed E-state index contributed by atoms with van der Waals surface area (Å²) < 4.78 is 24.7. The normalized spacial score (nSPS) is 10.4. The van der Waals surface area contributed by atoms with Crippen molar-refractivity contribution < 1.29 is 18.7 Å². The molecule has 2 rings (SSSR count). The first-order chi connectivity index (χ1) is 10.5. The molecule has 0 atom stereocenters. The highest BCUT2D eigenvalue weighted by Crippen LogP contribution is 2.31. The van der Waals surface area contributed by atoms with Crippen LogP contribution in [-0.2, 0) is 6.61 Å². The molecule has 0 aromatic heterocycles. The number of rotatable bonds is 6. The molecule has 0 amide bonds. The highest BCUT2D eigenvalue weighted by molar-refractivity contribution is 6.67. The van der Waals surface area contributed by atoms with Gasteiger partial charge in [-0.15, -0.1) is 0 Å². The smallest absolute Gasteiger partial charge is 0.252 e. The minimum Gasteiger partial charge on any atom is -0.490 e. The van der Waals surface area contributed by atoms with E-state index in [1.54, 1.807) is 19.1 Å². The van der Waals surface area contributed by atoms with Gasteiger partial charge in [-0.25, -0.2) is 4.39 Å². The van der Waals surface area contributed by atoms with Gasteiger partial charge in [0.05, 0.1) is 11.6 Å². The van der Waals surface area contributed by atoms with Crippen LogP contribution < -0.4 is 9.47 Å². The van der Waals surface area contributed by atoms with E-state index in [9.17, 15) is 9.18 Å². The molecular formula is C16H13Cl2FO3. The Morgan fingerprint density at radius 3 is 2.59 bits per heavy atom. The molecule has 0 N–H and O–H groups in total. The van der Waals surface area contributed by atoms with E-state index in [0.717, 1.165) is 0 Å². The third-order valence-corrected chi connectivity index (χ3v) is 3.48. The molecule has 2 aromatic rings. The first-order valence-electron chi connectivity index (χ1n) is 6.55. The van der Waals surface area contributed by atoms with Crippen molar-refractivity contribution in [3.63, 3.8) is 0 Å². The molecule has 0 saturated carbocycles. The van der Waals surface area contributed by atoms with Crippen LogP contribution in [0.5, 0.6) is 11.5 Å². The number of carbonyl (C=O) groups excluding carboxylic acids is 1. The minimum absolute atomic E-state index is 0.0558. The lowest BCUT2D eigenvalue weighted by Crippen LogP contribution is -2.03. The van der Waals surface area contributed by atoms with Gasteiger partial charge in [0.2, 0.25) is 0 Å². The van der Waals surface area contributed by atoms with E-state index in [2.05, 4.69) is 0 Å². The van der Waals surface area contributed by atoms with E-state index in [1.165, 1.54) is 24.3 Å². The number of carbonyl (C=O) groups is 1. The Hall–Kier alpha value is -1.78. The molecule has 2 aromatic carbocycles. The molecule has 0 heterocycles. The van der Waals surface area contributed by atoms with Crippen molar-refractivity contribution in [2.45, 2.75) is 13.5 Å². The van der Waals surface area contributed by atoms with Crippen LogP contribution in [0.3, 0.4) is 0 Å². The van der Waals surface area contributed by atoms with Crippen molar-refractivity contribution >= 4 is 28.4 Å². The van der Waals surface area contributed by atoms with Gasteiger partial charge >= 0.3 is 0 Å². The predicted octanol–water partition coefficient (Wildman–Crippen LogP) is 4.84. The fraction of sp³-hybridized carbons (Fsp3) is 0.188. The predicted molar refractivity (Wildman–Crippen MR) is 83.5 cm³/mol. The van der Waals surface area contributed by atoms with Crippen molar-refractivity contribution in [1.29, 1.82) is 0 Å².